The number of hydrogen-bond acceptors (Lipinski definition) is 4. The minimum absolute atomic E-state index is 0.329. The number of methoxy groups -OCH3 is 1. The van der Waals surface area contributed by atoms with Crippen molar-refractivity contribution in [2.24, 2.45) is 0 Å². The zero-order chi connectivity index (χ0) is 18.5. The third kappa shape index (κ3) is 4.03. The van der Waals surface area contributed by atoms with E-state index < -0.39 is 17.9 Å². The maximum Gasteiger partial charge on any atom is 0.328 e. The summed E-state index contributed by atoms with van der Waals surface area (Å²) in [6, 6.07) is 10.6. The highest BCUT2D eigenvalue weighted by Crippen LogP contribution is 2.19. The van der Waals surface area contributed by atoms with Crippen molar-refractivity contribution in [2.45, 2.75) is 19.4 Å². The fourth-order valence-electron chi connectivity index (χ4n) is 2.78. The number of hydrogen-bond donors (Lipinski definition) is 2. The van der Waals surface area contributed by atoms with E-state index >= 15 is 0 Å². The van der Waals surface area contributed by atoms with Crippen LogP contribution in [0.3, 0.4) is 0 Å². The molecule has 0 aliphatic carbocycles. The van der Waals surface area contributed by atoms with Crippen LogP contribution in [-0.2, 0) is 20.7 Å². The van der Waals surface area contributed by atoms with Gasteiger partial charge in [-0.15, -0.1) is 0 Å². The summed E-state index contributed by atoms with van der Waals surface area (Å²) < 4.78 is 10.2. The minimum atomic E-state index is -0.783. The van der Waals surface area contributed by atoms with Crippen LogP contribution in [0.1, 0.15) is 17.1 Å². The van der Waals surface area contributed by atoms with E-state index in [1.54, 1.807) is 12.1 Å². The smallest absolute Gasteiger partial charge is 0.328 e. The summed E-state index contributed by atoms with van der Waals surface area (Å²) in [5.74, 6) is 0.445. The number of H-pyrrole nitrogens is 1. The second-order valence-electron chi connectivity index (χ2n) is 5.93. The molecule has 0 aliphatic heterocycles. The molecule has 0 saturated carbocycles. The van der Waals surface area contributed by atoms with Gasteiger partial charge < -0.3 is 19.5 Å². The fraction of sp³-hybridized carbons (Fsp3) is 0.200. The van der Waals surface area contributed by atoms with Gasteiger partial charge in [0.15, 0.2) is 0 Å². The number of fused-ring (bicyclic) bond motifs is 1. The van der Waals surface area contributed by atoms with E-state index in [0.29, 0.717) is 12.2 Å². The number of benzene rings is 1. The van der Waals surface area contributed by atoms with Crippen molar-refractivity contribution in [1.82, 2.24) is 10.3 Å². The van der Waals surface area contributed by atoms with Crippen LogP contribution < -0.4 is 5.32 Å². The van der Waals surface area contributed by atoms with E-state index in [1.807, 2.05) is 43.5 Å². The van der Waals surface area contributed by atoms with Crippen LogP contribution in [-0.4, -0.2) is 30.0 Å². The molecular formula is C20H20N2O4. The van der Waals surface area contributed by atoms with Crippen molar-refractivity contribution in [3.8, 4) is 0 Å². The molecule has 1 amide bonds. The first-order valence-electron chi connectivity index (χ1n) is 8.24. The Hall–Kier alpha value is -3.28. The van der Waals surface area contributed by atoms with E-state index in [1.165, 1.54) is 13.2 Å². The monoisotopic (exact) mass is 352 g/mol. The number of para-hydroxylation sites is 1. The van der Waals surface area contributed by atoms with Crippen molar-refractivity contribution < 1.29 is 18.7 Å². The number of nitrogens with one attached hydrogen (secondary N) is 2. The Morgan fingerprint density at radius 3 is 2.81 bits per heavy atom. The third-order valence-electron chi connectivity index (χ3n) is 4.06. The van der Waals surface area contributed by atoms with E-state index in [-0.39, 0.29) is 0 Å². The first-order chi connectivity index (χ1) is 12.6. The van der Waals surface area contributed by atoms with E-state index in [4.69, 9.17) is 9.15 Å². The second-order valence-corrected chi connectivity index (χ2v) is 5.93. The van der Waals surface area contributed by atoms with Crippen LogP contribution >= 0.6 is 0 Å². The van der Waals surface area contributed by atoms with E-state index in [2.05, 4.69) is 10.3 Å². The number of amides is 1. The lowest BCUT2D eigenvalue weighted by molar-refractivity contribution is -0.144. The van der Waals surface area contributed by atoms with Gasteiger partial charge in [-0.3, -0.25) is 4.79 Å². The van der Waals surface area contributed by atoms with Crippen molar-refractivity contribution >= 4 is 28.9 Å². The molecule has 2 N–H and O–H groups in total. The average Bonchev–Trinajstić information content (AvgIpc) is 3.25. The normalized spacial score (nSPS) is 12.4. The summed E-state index contributed by atoms with van der Waals surface area (Å²) in [4.78, 5) is 27.5. The molecular weight excluding hydrogens is 332 g/mol. The topological polar surface area (TPSA) is 84.3 Å². The van der Waals surface area contributed by atoms with Gasteiger partial charge in [0, 0.05) is 29.6 Å². The predicted molar refractivity (Wildman–Crippen MR) is 98.4 cm³/mol. The second kappa shape index (κ2) is 7.74. The molecule has 0 saturated heterocycles. The van der Waals surface area contributed by atoms with Crippen molar-refractivity contribution in [3.05, 3.63) is 65.8 Å². The van der Waals surface area contributed by atoms with Crippen LogP contribution in [0.4, 0.5) is 0 Å². The first kappa shape index (κ1) is 17.5. The van der Waals surface area contributed by atoms with Gasteiger partial charge in [-0.25, -0.2) is 4.79 Å². The van der Waals surface area contributed by atoms with Gasteiger partial charge >= 0.3 is 5.97 Å². The fourth-order valence-corrected chi connectivity index (χ4v) is 2.78. The Morgan fingerprint density at radius 2 is 2.08 bits per heavy atom. The molecule has 1 atom stereocenters. The lowest BCUT2D eigenvalue weighted by Gasteiger charge is -2.15. The van der Waals surface area contributed by atoms with Crippen LogP contribution in [0.25, 0.3) is 17.0 Å². The van der Waals surface area contributed by atoms with Crippen molar-refractivity contribution in [3.63, 3.8) is 0 Å². The molecule has 1 unspecified atom stereocenters. The number of ether oxygens (including phenoxy) is 1. The highest BCUT2D eigenvalue weighted by Gasteiger charge is 2.22. The van der Waals surface area contributed by atoms with Gasteiger partial charge in [-0.1, -0.05) is 18.2 Å². The quantitative estimate of drug-likeness (QED) is 0.528. The SMILES string of the molecule is COC(=O)C(Cc1c[nH]c2ccccc12)NC(=O)/C=C/c1ccc(C)o1. The number of esters is 1. The maximum atomic E-state index is 12.2. The molecule has 0 spiro atoms. The van der Waals surface area contributed by atoms with Crippen LogP contribution in [0, 0.1) is 6.92 Å². The Balaban J connectivity index is 1.72. The summed E-state index contributed by atoms with van der Waals surface area (Å²) in [6.45, 7) is 1.83. The third-order valence-corrected chi connectivity index (χ3v) is 4.06. The van der Waals surface area contributed by atoms with Crippen molar-refractivity contribution in [1.29, 1.82) is 0 Å². The van der Waals surface area contributed by atoms with Gasteiger partial charge in [0.1, 0.15) is 17.6 Å². The number of furan rings is 1. The number of rotatable bonds is 6. The molecule has 2 aromatic heterocycles. The standard InChI is InChI=1S/C20H20N2O4/c1-13-7-8-15(26-13)9-10-19(23)22-18(20(24)25-2)11-14-12-21-17-6-4-3-5-16(14)17/h3-10,12,18,21H,11H2,1-2H3,(H,22,23)/b10-9+. The Bertz CT molecular complexity index is 952. The number of aryl methyl sites for hydroxylation is 1. The zero-order valence-electron chi connectivity index (χ0n) is 14.6. The van der Waals surface area contributed by atoms with E-state index in [9.17, 15) is 9.59 Å². The maximum absolute atomic E-state index is 12.2. The number of carbonyl (C=O) groups excluding carboxylic acids is 2. The summed E-state index contributed by atoms with van der Waals surface area (Å²) in [7, 11) is 1.30. The summed E-state index contributed by atoms with van der Waals surface area (Å²) in [5.41, 5.74) is 1.91. The highest BCUT2D eigenvalue weighted by molar-refractivity contribution is 5.94. The van der Waals surface area contributed by atoms with Gasteiger partial charge in [0.05, 0.1) is 7.11 Å². The lowest BCUT2D eigenvalue weighted by atomic mass is 10.0. The number of carbonyl (C=O) groups is 2. The van der Waals surface area contributed by atoms with Gasteiger partial charge in [-0.2, -0.15) is 0 Å². The minimum Gasteiger partial charge on any atom is -0.467 e. The summed E-state index contributed by atoms with van der Waals surface area (Å²) in [5, 5.41) is 3.70. The van der Waals surface area contributed by atoms with Crippen LogP contribution in [0.15, 0.2) is 53.1 Å². The molecule has 1 aromatic carbocycles. The van der Waals surface area contributed by atoms with E-state index in [0.717, 1.165) is 22.2 Å². The molecule has 3 aromatic rings. The van der Waals surface area contributed by atoms with Crippen LogP contribution in [0.2, 0.25) is 0 Å². The Kier molecular flexibility index (Phi) is 5.22. The zero-order valence-corrected chi connectivity index (χ0v) is 14.6. The molecule has 0 radical (unpaired) electrons. The first-order valence-corrected chi connectivity index (χ1v) is 8.24. The van der Waals surface area contributed by atoms with Gasteiger partial charge in [0.2, 0.25) is 5.91 Å². The average molecular weight is 352 g/mol. The Morgan fingerprint density at radius 1 is 1.27 bits per heavy atom. The predicted octanol–water partition coefficient (Wildman–Crippen LogP) is 2.98. The molecule has 0 bridgehead atoms. The van der Waals surface area contributed by atoms with Crippen molar-refractivity contribution in [2.75, 3.05) is 7.11 Å². The molecule has 0 aliphatic rings. The van der Waals surface area contributed by atoms with Gasteiger partial charge in [-0.05, 0) is 36.8 Å². The molecule has 6 heteroatoms. The molecule has 6 nitrogen and oxygen atoms in total. The number of aromatic amines is 1. The van der Waals surface area contributed by atoms with Gasteiger partial charge in [0.25, 0.3) is 0 Å². The molecule has 134 valence electrons. The summed E-state index contributed by atoms with van der Waals surface area (Å²) in [6.07, 6.45) is 5.07. The highest BCUT2D eigenvalue weighted by atomic mass is 16.5. The number of aromatic nitrogens is 1. The Labute approximate surface area is 150 Å². The van der Waals surface area contributed by atoms with Crippen LogP contribution in [0.5, 0.6) is 0 Å². The lowest BCUT2D eigenvalue weighted by Crippen LogP contribution is -2.42. The molecule has 2 heterocycles. The molecule has 3 rings (SSSR count). The largest absolute Gasteiger partial charge is 0.467 e. The molecule has 0 fully saturated rings. The molecule has 26 heavy (non-hydrogen) atoms. The summed E-state index contributed by atoms with van der Waals surface area (Å²) >= 11 is 0.